The normalized spacial score (nSPS) is 11.1. The molecule has 0 aliphatic heterocycles. The topological polar surface area (TPSA) is 75.4 Å². The molecule has 0 amide bonds. The number of nitrogens with one attached hydrogen (secondary N) is 1. The monoisotopic (exact) mass is 277 g/mol. The largest absolute Gasteiger partial charge is 0.324 e. The maximum Gasteiger partial charge on any atom is 0.264 e. The fourth-order valence-corrected chi connectivity index (χ4v) is 2.85. The van der Waals surface area contributed by atoms with Gasteiger partial charge in [0.05, 0.1) is 10.6 Å². The van der Waals surface area contributed by atoms with Crippen LogP contribution in [0.1, 0.15) is 0 Å². The summed E-state index contributed by atoms with van der Waals surface area (Å²) >= 11 is 0. The van der Waals surface area contributed by atoms with Gasteiger partial charge in [-0.25, -0.2) is 8.42 Å². The summed E-state index contributed by atoms with van der Waals surface area (Å²) in [4.78, 5) is 0.220. The van der Waals surface area contributed by atoms with Crippen molar-refractivity contribution < 1.29 is 8.42 Å². The summed E-state index contributed by atoms with van der Waals surface area (Å²) in [5.74, 6) is 5.25. The molecule has 2 aromatic rings. The Morgan fingerprint density at radius 1 is 1.00 bits per heavy atom. The number of hydrogen-bond acceptors (Lipinski definition) is 4. The Hall–Kier alpha value is -2.05. The van der Waals surface area contributed by atoms with Gasteiger partial charge in [-0.2, -0.15) is 0 Å². The molecule has 0 unspecified atom stereocenters. The first kappa shape index (κ1) is 13.4. The van der Waals surface area contributed by atoms with Crippen molar-refractivity contribution in [3.63, 3.8) is 0 Å². The number of nitrogen functional groups attached to an aromatic ring is 1. The summed E-state index contributed by atoms with van der Waals surface area (Å²) in [6, 6.07) is 15.2. The summed E-state index contributed by atoms with van der Waals surface area (Å²) < 4.78 is 26.1. The van der Waals surface area contributed by atoms with Crippen molar-refractivity contribution in [2.75, 3.05) is 16.8 Å². The second-order valence-corrected chi connectivity index (χ2v) is 5.95. The van der Waals surface area contributed by atoms with Gasteiger partial charge in [-0.05, 0) is 36.4 Å². The SMILES string of the molecule is CN(c1ccccc1)S(=O)(=O)c1ccc(NN)cc1. The van der Waals surface area contributed by atoms with Crippen molar-refractivity contribution in [3.05, 3.63) is 54.6 Å². The number of nitrogens with zero attached hydrogens (tertiary/aromatic N) is 1. The lowest BCUT2D eigenvalue weighted by molar-refractivity contribution is 0.594. The first-order valence-electron chi connectivity index (χ1n) is 5.66. The zero-order valence-electron chi connectivity index (χ0n) is 10.4. The summed E-state index contributed by atoms with van der Waals surface area (Å²) in [7, 11) is -2.02. The minimum atomic E-state index is -3.55. The van der Waals surface area contributed by atoms with E-state index in [-0.39, 0.29) is 4.90 Å². The Morgan fingerprint density at radius 3 is 2.11 bits per heavy atom. The van der Waals surface area contributed by atoms with Gasteiger partial charge in [0.2, 0.25) is 0 Å². The van der Waals surface area contributed by atoms with E-state index < -0.39 is 10.0 Å². The van der Waals surface area contributed by atoms with Crippen LogP contribution in [0, 0.1) is 0 Å². The van der Waals surface area contributed by atoms with Crippen LogP contribution in [0.25, 0.3) is 0 Å². The average Bonchev–Trinajstić information content (AvgIpc) is 2.47. The quantitative estimate of drug-likeness (QED) is 0.660. The summed E-state index contributed by atoms with van der Waals surface area (Å²) in [5, 5.41) is 0. The first-order chi connectivity index (χ1) is 9.05. The van der Waals surface area contributed by atoms with Crippen LogP contribution in [0.3, 0.4) is 0 Å². The van der Waals surface area contributed by atoms with Gasteiger partial charge in [0.1, 0.15) is 0 Å². The number of rotatable bonds is 4. The van der Waals surface area contributed by atoms with E-state index in [1.165, 1.54) is 23.5 Å². The van der Waals surface area contributed by atoms with Crippen LogP contribution in [-0.4, -0.2) is 15.5 Å². The molecule has 0 aliphatic rings. The Labute approximate surface area is 112 Å². The zero-order chi connectivity index (χ0) is 13.9. The lowest BCUT2D eigenvalue weighted by Crippen LogP contribution is -2.26. The molecule has 0 spiro atoms. The highest BCUT2D eigenvalue weighted by atomic mass is 32.2. The first-order valence-corrected chi connectivity index (χ1v) is 7.10. The van der Waals surface area contributed by atoms with Gasteiger partial charge < -0.3 is 5.43 Å². The van der Waals surface area contributed by atoms with E-state index in [1.54, 1.807) is 36.4 Å². The van der Waals surface area contributed by atoms with E-state index in [9.17, 15) is 8.42 Å². The maximum atomic E-state index is 12.4. The summed E-state index contributed by atoms with van der Waals surface area (Å²) in [6.07, 6.45) is 0. The van der Waals surface area contributed by atoms with Gasteiger partial charge in [0.15, 0.2) is 0 Å². The van der Waals surface area contributed by atoms with Gasteiger partial charge in [0, 0.05) is 12.7 Å². The lowest BCUT2D eigenvalue weighted by Gasteiger charge is -2.19. The van der Waals surface area contributed by atoms with Crippen LogP contribution in [0.4, 0.5) is 11.4 Å². The summed E-state index contributed by atoms with van der Waals surface area (Å²) in [6.45, 7) is 0. The van der Waals surface area contributed by atoms with Gasteiger partial charge in [-0.1, -0.05) is 18.2 Å². The Kier molecular flexibility index (Phi) is 3.73. The van der Waals surface area contributed by atoms with Crippen molar-refractivity contribution in [3.8, 4) is 0 Å². The molecule has 2 rings (SSSR count). The third-order valence-electron chi connectivity index (χ3n) is 2.80. The maximum absolute atomic E-state index is 12.4. The minimum Gasteiger partial charge on any atom is -0.324 e. The van der Waals surface area contributed by atoms with Crippen LogP contribution >= 0.6 is 0 Å². The van der Waals surface area contributed by atoms with E-state index in [2.05, 4.69) is 5.43 Å². The second-order valence-electron chi connectivity index (χ2n) is 3.98. The number of nitrogens with two attached hydrogens (primary N) is 1. The highest BCUT2D eigenvalue weighted by Gasteiger charge is 2.20. The molecule has 19 heavy (non-hydrogen) atoms. The van der Waals surface area contributed by atoms with Crippen molar-refractivity contribution in [2.45, 2.75) is 4.90 Å². The lowest BCUT2D eigenvalue weighted by atomic mass is 10.3. The standard InChI is InChI=1S/C13H15N3O2S/c1-16(12-5-3-2-4-6-12)19(17,18)13-9-7-11(15-14)8-10-13/h2-10,15H,14H2,1H3. The number of anilines is 2. The van der Waals surface area contributed by atoms with E-state index in [0.29, 0.717) is 11.4 Å². The molecule has 2 aromatic carbocycles. The molecule has 0 atom stereocenters. The second kappa shape index (κ2) is 5.29. The molecular formula is C13H15N3O2S. The highest BCUT2D eigenvalue weighted by Crippen LogP contribution is 2.22. The molecule has 0 bridgehead atoms. The predicted molar refractivity (Wildman–Crippen MR) is 76.3 cm³/mol. The van der Waals surface area contributed by atoms with Crippen molar-refractivity contribution in [2.24, 2.45) is 5.84 Å². The van der Waals surface area contributed by atoms with Crippen LogP contribution in [0.2, 0.25) is 0 Å². The Morgan fingerprint density at radius 2 is 1.58 bits per heavy atom. The smallest absolute Gasteiger partial charge is 0.264 e. The molecule has 0 heterocycles. The van der Waals surface area contributed by atoms with Gasteiger partial charge >= 0.3 is 0 Å². The van der Waals surface area contributed by atoms with E-state index >= 15 is 0 Å². The van der Waals surface area contributed by atoms with Gasteiger partial charge in [-0.3, -0.25) is 10.1 Å². The Balaban J connectivity index is 2.36. The van der Waals surface area contributed by atoms with Crippen molar-refractivity contribution >= 4 is 21.4 Å². The number of hydrazine groups is 1. The average molecular weight is 277 g/mol. The highest BCUT2D eigenvalue weighted by molar-refractivity contribution is 7.92. The van der Waals surface area contributed by atoms with E-state index in [0.717, 1.165) is 0 Å². The number of sulfonamides is 1. The molecule has 0 radical (unpaired) electrons. The van der Waals surface area contributed by atoms with Crippen molar-refractivity contribution in [1.82, 2.24) is 0 Å². The third-order valence-corrected chi connectivity index (χ3v) is 4.60. The third kappa shape index (κ3) is 2.69. The predicted octanol–water partition coefficient (Wildman–Crippen LogP) is 1.80. The molecule has 0 aliphatic carbocycles. The molecule has 6 heteroatoms. The molecule has 0 saturated heterocycles. The van der Waals surface area contributed by atoms with Crippen LogP contribution < -0.4 is 15.6 Å². The molecule has 0 aromatic heterocycles. The van der Waals surface area contributed by atoms with Crippen molar-refractivity contribution in [1.29, 1.82) is 0 Å². The number of benzene rings is 2. The van der Waals surface area contributed by atoms with E-state index in [1.807, 2.05) is 6.07 Å². The van der Waals surface area contributed by atoms with Gasteiger partial charge in [-0.15, -0.1) is 0 Å². The van der Waals surface area contributed by atoms with Crippen LogP contribution in [-0.2, 0) is 10.0 Å². The number of hydrogen-bond donors (Lipinski definition) is 2. The molecular weight excluding hydrogens is 262 g/mol. The molecule has 100 valence electrons. The zero-order valence-corrected chi connectivity index (χ0v) is 11.3. The summed E-state index contributed by atoms with van der Waals surface area (Å²) in [5.41, 5.74) is 3.73. The molecule has 0 fully saturated rings. The minimum absolute atomic E-state index is 0.220. The fourth-order valence-electron chi connectivity index (χ4n) is 1.66. The fraction of sp³-hybridized carbons (Fsp3) is 0.0769. The van der Waals surface area contributed by atoms with Crippen LogP contribution in [0.5, 0.6) is 0 Å². The van der Waals surface area contributed by atoms with E-state index in [4.69, 9.17) is 5.84 Å². The molecule has 5 nitrogen and oxygen atoms in total. The molecule has 3 N–H and O–H groups in total. The molecule has 0 saturated carbocycles. The van der Waals surface area contributed by atoms with Gasteiger partial charge in [0.25, 0.3) is 10.0 Å². The Bertz CT molecular complexity index is 639. The number of para-hydroxylation sites is 1. The van der Waals surface area contributed by atoms with Crippen LogP contribution in [0.15, 0.2) is 59.5 Å².